The molecule has 138 valence electrons. The highest BCUT2D eigenvalue weighted by molar-refractivity contribution is 5.94. The van der Waals surface area contributed by atoms with Crippen molar-refractivity contribution in [3.05, 3.63) is 78.1 Å². The largest absolute Gasteiger partial charge is 0.350 e. The summed E-state index contributed by atoms with van der Waals surface area (Å²) >= 11 is 0. The molecule has 0 bridgehead atoms. The molecule has 1 aromatic heterocycles. The van der Waals surface area contributed by atoms with Crippen LogP contribution in [0, 0.1) is 0 Å². The van der Waals surface area contributed by atoms with Crippen LogP contribution in [0.5, 0.6) is 0 Å². The van der Waals surface area contributed by atoms with Crippen molar-refractivity contribution >= 4 is 11.9 Å². The quantitative estimate of drug-likeness (QED) is 0.660. The molecule has 1 atom stereocenters. The summed E-state index contributed by atoms with van der Waals surface area (Å²) in [6.45, 7) is 4.73. The van der Waals surface area contributed by atoms with Gasteiger partial charge in [0.15, 0.2) is 0 Å². The maximum atomic E-state index is 12.2. The zero-order valence-corrected chi connectivity index (χ0v) is 15.6. The molecule has 3 aromatic rings. The maximum Gasteiger partial charge on any atom is 0.251 e. The van der Waals surface area contributed by atoms with Crippen molar-refractivity contribution in [2.24, 2.45) is 0 Å². The second-order valence-corrected chi connectivity index (χ2v) is 6.49. The highest BCUT2D eigenvalue weighted by atomic mass is 16.1. The zero-order chi connectivity index (χ0) is 19.1. The van der Waals surface area contributed by atoms with Crippen LogP contribution in [-0.4, -0.2) is 21.9 Å². The Morgan fingerprint density at radius 2 is 1.63 bits per heavy atom. The van der Waals surface area contributed by atoms with E-state index < -0.39 is 0 Å². The third-order valence-corrected chi connectivity index (χ3v) is 4.42. The van der Waals surface area contributed by atoms with E-state index in [-0.39, 0.29) is 11.9 Å². The Kier molecular flexibility index (Phi) is 6.15. The average molecular weight is 360 g/mol. The number of anilines is 1. The van der Waals surface area contributed by atoms with E-state index in [9.17, 15) is 4.79 Å². The summed E-state index contributed by atoms with van der Waals surface area (Å²) in [5.41, 5.74) is 3.72. The van der Waals surface area contributed by atoms with Gasteiger partial charge < -0.3 is 10.6 Å². The number of rotatable bonds is 7. The van der Waals surface area contributed by atoms with Crippen molar-refractivity contribution in [3.8, 4) is 11.1 Å². The van der Waals surface area contributed by atoms with Crippen molar-refractivity contribution < 1.29 is 4.79 Å². The molecule has 0 aliphatic heterocycles. The van der Waals surface area contributed by atoms with Gasteiger partial charge >= 0.3 is 0 Å². The minimum Gasteiger partial charge on any atom is -0.350 e. The van der Waals surface area contributed by atoms with E-state index in [1.807, 2.05) is 56.3 Å². The van der Waals surface area contributed by atoms with E-state index in [0.29, 0.717) is 18.1 Å². The molecule has 2 N–H and O–H groups in total. The lowest BCUT2D eigenvalue weighted by Gasteiger charge is -2.11. The van der Waals surface area contributed by atoms with Crippen LogP contribution in [-0.2, 0) is 6.54 Å². The van der Waals surface area contributed by atoms with Crippen molar-refractivity contribution in [1.82, 2.24) is 15.3 Å². The van der Waals surface area contributed by atoms with Crippen LogP contribution < -0.4 is 10.6 Å². The first-order chi connectivity index (χ1) is 13.2. The molecule has 0 unspecified atom stereocenters. The van der Waals surface area contributed by atoms with Gasteiger partial charge in [0.2, 0.25) is 5.95 Å². The van der Waals surface area contributed by atoms with Gasteiger partial charge in [0.1, 0.15) is 0 Å². The lowest BCUT2D eigenvalue weighted by molar-refractivity contribution is 0.0939. The second kappa shape index (κ2) is 8.94. The summed E-state index contributed by atoms with van der Waals surface area (Å²) in [4.78, 5) is 20.9. The van der Waals surface area contributed by atoms with Crippen LogP contribution in [0.4, 0.5) is 5.95 Å². The third kappa shape index (κ3) is 5.14. The number of carbonyl (C=O) groups is 1. The molecule has 0 saturated heterocycles. The lowest BCUT2D eigenvalue weighted by atomic mass is 10.1. The molecule has 0 saturated carbocycles. The molecule has 0 fully saturated rings. The Labute approximate surface area is 159 Å². The standard InChI is InChI=1S/C22H24N4O/c1-3-16(2)26-21(27)19-11-9-18(10-12-19)20-14-24-22(25-15-20)23-13-17-7-5-4-6-8-17/h4-12,14-16H,3,13H2,1-2H3,(H,26,27)(H,23,24,25)/t16-/m0/s1. The first-order valence-corrected chi connectivity index (χ1v) is 9.17. The summed E-state index contributed by atoms with van der Waals surface area (Å²) in [7, 11) is 0. The maximum absolute atomic E-state index is 12.2. The first-order valence-electron chi connectivity index (χ1n) is 9.17. The number of benzene rings is 2. The van der Waals surface area contributed by atoms with Crippen molar-refractivity contribution in [2.45, 2.75) is 32.9 Å². The third-order valence-electron chi connectivity index (χ3n) is 4.42. The van der Waals surface area contributed by atoms with E-state index in [0.717, 1.165) is 17.5 Å². The Morgan fingerprint density at radius 1 is 0.963 bits per heavy atom. The molecule has 5 heteroatoms. The fourth-order valence-electron chi connectivity index (χ4n) is 2.57. The predicted octanol–water partition coefficient (Wildman–Crippen LogP) is 4.28. The Bertz CT molecular complexity index is 861. The molecule has 0 aliphatic carbocycles. The average Bonchev–Trinajstić information content (AvgIpc) is 2.73. The normalized spacial score (nSPS) is 11.6. The monoisotopic (exact) mass is 360 g/mol. The van der Waals surface area contributed by atoms with Gasteiger partial charge in [-0.25, -0.2) is 9.97 Å². The van der Waals surface area contributed by atoms with Gasteiger partial charge in [0, 0.05) is 36.1 Å². The van der Waals surface area contributed by atoms with E-state index in [1.54, 1.807) is 12.4 Å². The number of nitrogens with zero attached hydrogens (tertiary/aromatic N) is 2. The van der Waals surface area contributed by atoms with Gasteiger partial charge in [-0.15, -0.1) is 0 Å². The number of hydrogen-bond donors (Lipinski definition) is 2. The van der Waals surface area contributed by atoms with Gasteiger partial charge in [-0.05, 0) is 36.6 Å². The fourth-order valence-corrected chi connectivity index (χ4v) is 2.57. The van der Waals surface area contributed by atoms with Gasteiger partial charge in [-0.1, -0.05) is 49.4 Å². The Hall–Kier alpha value is -3.21. The van der Waals surface area contributed by atoms with Crippen LogP contribution in [0.2, 0.25) is 0 Å². The number of hydrogen-bond acceptors (Lipinski definition) is 4. The number of nitrogens with one attached hydrogen (secondary N) is 2. The zero-order valence-electron chi connectivity index (χ0n) is 15.6. The van der Waals surface area contributed by atoms with Crippen LogP contribution in [0.1, 0.15) is 36.2 Å². The van der Waals surface area contributed by atoms with E-state index in [1.165, 1.54) is 5.56 Å². The van der Waals surface area contributed by atoms with Crippen LogP contribution >= 0.6 is 0 Å². The van der Waals surface area contributed by atoms with Crippen LogP contribution in [0.15, 0.2) is 67.0 Å². The summed E-state index contributed by atoms with van der Waals surface area (Å²) in [5, 5.41) is 6.18. The van der Waals surface area contributed by atoms with E-state index >= 15 is 0 Å². The highest BCUT2D eigenvalue weighted by Crippen LogP contribution is 2.19. The molecule has 3 rings (SSSR count). The summed E-state index contributed by atoms with van der Waals surface area (Å²) < 4.78 is 0. The molecule has 1 amide bonds. The van der Waals surface area contributed by atoms with Crippen LogP contribution in [0.25, 0.3) is 11.1 Å². The minimum absolute atomic E-state index is 0.0485. The predicted molar refractivity (Wildman–Crippen MR) is 108 cm³/mol. The molecule has 27 heavy (non-hydrogen) atoms. The van der Waals surface area contributed by atoms with Gasteiger partial charge in [0.25, 0.3) is 5.91 Å². The Morgan fingerprint density at radius 3 is 2.26 bits per heavy atom. The number of aromatic nitrogens is 2. The summed E-state index contributed by atoms with van der Waals surface area (Å²) in [6, 6.07) is 17.8. The van der Waals surface area contributed by atoms with Crippen molar-refractivity contribution in [3.63, 3.8) is 0 Å². The van der Waals surface area contributed by atoms with E-state index in [2.05, 4.69) is 32.7 Å². The van der Waals surface area contributed by atoms with Crippen molar-refractivity contribution in [1.29, 1.82) is 0 Å². The molecule has 0 spiro atoms. The van der Waals surface area contributed by atoms with Gasteiger partial charge in [-0.2, -0.15) is 0 Å². The molecular formula is C22H24N4O. The molecule has 1 heterocycles. The fraction of sp³-hybridized carbons (Fsp3) is 0.227. The smallest absolute Gasteiger partial charge is 0.251 e. The minimum atomic E-state index is -0.0485. The van der Waals surface area contributed by atoms with Gasteiger partial charge in [-0.3, -0.25) is 4.79 Å². The molecule has 2 aromatic carbocycles. The number of carbonyl (C=O) groups excluding carboxylic acids is 1. The first kappa shape index (κ1) is 18.6. The Balaban J connectivity index is 1.62. The van der Waals surface area contributed by atoms with Crippen molar-refractivity contribution in [2.75, 3.05) is 5.32 Å². The topological polar surface area (TPSA) is 66.9 Å². The SMILES string of the molecule is CC[C@H](C)NC(=O)c1ccc(-c2cnc(NCc3ccccc3)nc2)cc1. The highest BCUT2D eigenvalue weighted by Gasteiger charge is 2.09. The molecule has 5 nitrogen and oxygen atoms in total. The second-order valence-electron chi connectivity index (χ2n) is 6.49. The van der Waals surface area contributed by atoms with Gasteiger partial charge in [0.05, 0.1) is 0 Å². The summed E-state index contributed by atoms with van der Waals surface area (Å²) in [5.74, 6) is 0.541. The number of amides is 1. The molecule has 0 radical (unpaired) electrons. The van der Waals surface area contributed by atoms with Crippen LogP contribution in [0.3, 0.4) is 0 Å². The molecule has 0 aliphatic rings. The molecular weight excluding hydrogens is 336 g/mol. The summed E-state index contributed by atoms with van der Waals surface area (Å²) in [6.07, 6.45) is 4.48. The van der Waals surface area contributed by atoms with E-state index in [4.69, 9.17) is 0 Å². The lowest BCUT2D eigenvalue weighted by Crippen LogP contribution is -2.31.